The van der Waals surface area contributed by atoms with Gasteiger partial charge in [0, 0.05) is 12.5 Å². The molecule has 7 heteroatoms. The molecule has 23 heavy (non-hydrogen) atoms. The number of nitrogens with zero attached hydrogens (tertiary/aromatic N) is 1. The third-order valence-corrected chi connectivity index (χ3v) is 3.92. The van der Waals surface area contributed by atoms with Gasteiger partial charge < -0.3 is 24.8 Å². The number of amides is 2. The quantitative estimate of drug-likeness (QED) is 0.767. The Balaban J connectivity index is 2.04. The van der Waals surface area contributed by atoms with Gasteiger partial charge in [0.25, 0.3) is 0 Å². The Bertz CT molecular complexity index is 480. The van der Waals surface area contributed by atoms with Gasteiger partial charge in [-0.05, 0) is 48.0 Å². The summed E-state index contributed by atoms with van der Waals surface area (Å²) in [5, 5.41) is 13.0. The number of likely N-dealkylation sites (tertiary alicyclic amines) is 1. The lowest BCUT2D eigenvalue weighted by atomic mass is 10.1. The Morgan fingerprint density at radius 1 is 1.09 bits per heavy atom. The largest absolute Gasteiger partial charge is 0.444 e. The molecule has 1 aliphatic heterocycles. The predicted molar refractivity (Wildman–Crippen MR) is 84.0 cm³/mol. The van der Waals surface area contributed by atoms with E-state index < -0.39 is 35.5 Å². The van der Waals surface area contributed by atoms with Crippen LogP contribution in [-0.4, -0.2) is 58.1 Å². The Labute approximate surface area is 137 Å². The average molecular weight is 328 g/mol. The van der Waals surface area contributed by atoms with Crippen molar-refractivity contribution in [3.63, 3.8) is 0 Å². The molecule has 0 aromatic heterocycles. The highest BCUT2D eigenvalue weighted by molar-refractivity contribution is 5.71. The second kappa shape index (κ2) is 5.85. The molecule has 2 bridgehead atoms. The Kier molecular flexibility index (Phi) is 4.54. The van der Waals surface area contributed by atoms with Gasteiger partial charge in [-0.2, -0.15) is 0 Å². The summed E-state index contributed by atoms with van der Waals surface area (Å²) < 4.78 is 10.7. The third kappa shape index (κ3) is 4.28. The highest BCUT2D eigenvalue weighted by Gasteiger charge is 2.55. The molecule has 2 aliphatic rings. The highest BCUT2D eigenvalue weighted by Crippen LogP contribution is 2.39. The molecule has 2 rings (SSSR count). The van der Waals surface area contributed by atoms with Crippen LogP contribution in [0.3, 0.4) is 0 Å². The number of aliphatic hydroxyl groups is 1. The molecule has 1 aliphatic carbocycles. The normalized spacial score (nSPS) is 30.3. The summed E-state index contributed by atoms with van der Waals surface area (Å²) in [4.78, 5) is 25.8. The van der Waals surface area contributed by atoms with Gasteiger partial charge in [-0.15, -0.1) is 0 Å². The van der Waals surface area contributed by atoms with Crippen molar-refractivity contribution in [1.29, 1.82) is 0 Å². The number of ether oxygens (including phenoxy) is 2. The Morgan fingerprint density at radius 3 is 2.17 bits per heavy atom. The van der Waals surface area contributed by atoms with Crippen LogP contribution in [0.25, 0.3) is 0 Å². The van der Waals surface area contributed by atoms with Gasteiger partial charge in [0.1, 0.15) is 11.2 Å². The number of aliphatic hydroxyl groups excluding tert-OH is 1. The lowest BCUT2D eigenvalue weighted by molar-refractivity contribution is -0.00358. The topological polar surface area (TPSA) is 88.1 Å². The fourth-order valence-corrected chi connectivity index (χ4v) is 3.24. The van der Waals surface area contributed by atoms with E-state index in [1.165, 1.54) is 4.90 Å². The molecular weight excluding hydrogens is 300 g/mol. The van der Waals surface area contributed by atoms with Crippen LogP contribution in [0.5, 0.6) is 0 Å². The van der Waals surface area contributed by atoms with Crippen molar-refractivity contribution in [1.82, 2.24) is 10.2 Å². The summed E-state index contributed by atoms with van der Waals surface area (Å²) in [7, 11) is 0. The van der Waals surface area contributed by atoms with Crippen LogP contribution in [0.15, 0.2) is 0 Å². The van der Waals surface area contributed by atoms with Crippen molar-refractivity contribution in [3.05, 3.63) is 0 Å². The monoisotopic (exact) mass is 328 g/mol. The number of piperidine rings is 1. The molecule has 1 saturated heterocycles. The summed E-state index contributed by atoms with van der Waals surface area (Å²) >= 11 is 0. The van der Waals surface area contributed by atoms with Gasteiger partial charge in [0.15, 0.2) is 0 Å². The molecule has 2 amide bonds. The van der Waals surface area contributed by atoms with E-state index >= 15 is 0 Å². The maximum atomic E-state index is 12.3. The van der Waals surface area contributed by atoms with E-state index in [0.29, 0.717) is 13.0 Å². The van der Waals surface area contributed by atoms with Crippen molar-refractivity contribution in [2.45, 2.75) is 77.4 Å². The number of carbonyl (C=O) groups excluding carboxylic acids is 2. The number of rotatable bonds is 1. The van der Waals surface area contributed by atoms with Crippen molar-refractivity contribution in [3.8, 4) is 0 Å². The molecule has 0 aromatic carbocycles. The van der Waals surface area contributed by atoms with Crippen LogP contribution in [-0.2, 0) is 9.47 Å². The van der Waals surface area contributed by atoms with Gasteiger partial charge in [-0.1, -0.05) is 0 Å². The number of hydrogen-bond donors (Lipinski definition) is 2. The molecule has 4 atom stereocenters. The predicted octanol–water partition coefficient (Wildman–Crippen LogP) is 1.88. The minimum atomic E-state index is -0.666. The molecule has 0 unspecified atom stereocenters. The van der Waals surface area contributed by atoms with Gasteiger partial charge in [0.05, 0.1) is 18.2 Å². The van der Waals surface area contributed by atoms with Crippen molar-refractivity contribution >= 4 is 12.2 Å². The summed E-state index contributed by atoms with van der Waals surface area (Å²) in [6.45, 7) is 11.2. The third-order valence-electron chi connectivity index (χ3n) is 3.92. The van der Waals surface area contributed by atoms with E-state index in [2.05, 4.69) is 5.32 Å². The minimum Gasteiger partial charge on any atom is -0.444 e. The van der Waals surface area contributed by atoms with Gasteiger partial charge in [-0.3, -0.25) is 0 Å². The fourth-order valence-electron chi connectivity index (χ4n) is 3.24. The number of carbonyl (C=O) groups is 2. The van der Waals surface area contributed by atoms with E-state index in [4.69, 9.17) is 9.47 Å². The van der Waals surface area contributed by atoms with Crippen LogP contribution < -0.4 is 5.32 Å². The molecule has 2 fully saturated rings. The number of nitrogens with one attached hydrogen (secondary N) is 1. The summed E-state index contributed by atoms with van der Waals surface area (Å²) in [6.07, 6.45) is -1.09. The van der Waals surface area contributed by atoms with Gasteiger partial charge >= 0.3 is 12.2 Å². The molecule has 1 heterocycles. The standard InChI is InChI=1S/C16H28N2O5/c1-15(2,3)22-13(20)17-11-9-7-10(19)12(11)18(8-9)14(21)23-16(4,5)6/h9-12,19H,7-8H2,1-6H3,(H,17,20)/t9-,10+,11-,12-/m1/s1. The lowest BCUT2D eigenvalue weighted by Crippen LogP contribution is -2.52. The number of hydrogen-bond acceptors (Lipinski definition) is 5. The first-order valence-corrected chi connectivity index (χ1v) is 8.04. The first-order valence-electron chi connectivity index (χ1n) is 8.04. The van der Waals surface area contributed by atoms with Crippen LogP contribution in [0, 0.1) is 5.92 Å². The summed E-state index contributed by atoms with van der Waals surface area (Å²) in [5.41, 5.74) is -1.19. The van der Waals surface area contributed by atoms with E-state index in [-0.39, 0.29) is 12.0 Å². The maximum Gasteiger partial charge on any atom is 0.410 e. The average Bonchev–Trinajstić information content (AvgIpc) is 2.77. The van der Waals surface area contributed by atoms with E-state index in [0.717, 1.165) is 0 Å². The second-order valence-electron chi connectivity index (χ2n) is 8.36. The van der Waals surface area contributed by atoms with E-state index in [1.807, 2.05) is 0 Å². The molecule has 0 aromatic rings. The Morgan fingerprint density at radius 2 is 1.65 bits per heavy atom. The van der Waals surface area contributed by atoms with Crippen molar-refractivity contribution in [2.75, 3.05) is 6.54 Å². The zero-order chi connectivity index (χ0) is 17.6. The van der Waals surface area contributed by atoms with E-state index in [1.54, 1.807) is 41.5 Å². The SMILES string of the molecule is CC(C)(C)OC(=O)N[C@@H]1[C@@H]2C[C@H](O)[C@H]1N(C(=O)OC(C)(C)C)C2. The zero-order valence-electron chi connectivity index (χ0n) is 14.8. The molecular formula is C16H28N2O5. The highest BCUT2D eigenvalue weighted by atomic mass is 16.6. The first kappa shape index (κ1) is 17.8. The smallest absolute Gasteiger partial charge is 0.410 e. The fraction of sp³-hybridized carbons (Fsp3) is 0.875. The molecule has 2 N–H and O–H groups in total. The summed E-state index contributed by atoms with van der Waals surface area (Å²) in [6, 6.07) is -0.783. The van der Waals surface area contributed by atoms with Crippen molar-refractivity contribution in [2.24, 2.45) is 5.92 Å². The lowest BCUT2D eigenvalue weighted by Gasteiger charge is -2.33. The van der Waals surface area contributed by atoms with E-state index in [9.17, 15) is 14.7 Å². The molecule has 0 radical (unpaired) electrons. The van der Waals surface area contributed by atoms with Gasteiger partial charge in [0.2, 0.25) is 0 Å². The number of alkyl carbamates (subject to hydrolysis) is 1. The molecule has 1 saturated carbocycles. The summed E-state index contributed by atoms with van der Waals surface area (Å²) in [5.74, 6) is 0.00929. The Hall–Kier alpha value is -1.50. The maximum absolute atomic E-state index is 12.3. The second-order valence-corrected chi connectivity index (χ2v) is 8.36. The number of fused-ring (bicyclic) bond motifs is 2. The van der Waals surface area contributed by atoms with Crippen LogP contribution >= 0.6 is 0 Å². The minimum absolute atomic E-state index is 0.00929. The molecule has 0 spiro atoms. The first-order chi connectivity index (χ1) is 10.4. The molecule has 132 valence electrons. The zero-order valence-corrected chi connectivity index (χ0v) is 14.8. The molecule has 7 nitrogen and oxygen atoms in total. The van der Waals surface area contributed by atoms with Crippen LogP contribution in [0.2, 0.25) is 0 Å². The van der Waals surface area contributed by atoms with Crippen molar-refractivity contribution < 1.29 is 24.2 Å². The van der Waals surface area contributed by atoms with Crippen LogP contribution in [0.4, 0.5) is 9.59 Å². The van der Waals surface area contributed by atoms with Crippen LogP contribution in [0.1, 0.15) is 48.0 Å². The van der Waals surface area contributed by atoms with Gasteiger partial charge in [-0.25, -0.2) is 9.59 Å².